The number of amides is 1. The van der Waals surface area contributed by atoms with E-state index in [1.54, 1.807) is 27.7 Å². The molecule has 0 atom stereocenters. The molecular weight excluding hydrogens is 489 g/mol. The van der Waals surface area contributed by atoms with Gasteiger partial charge in [0.25, 0.3) is 5.91 Å². The van der Waals surface area contributed by atoms with Crippen LogP contribution in [0.4, 0.5) is 23.2 Å². The van der Waals surface area contributed by atoms with Crippen molar-refractivity contribution in [2.45, 2.75) is 43.8 Å². The molecule has 0 radical (unpaired) electrons. The zero-order valence-corrected chi connectivity index (χ0v) is 19.7. The first kappa shape index (κ1) is 25.5. The minimum absolute atomic E-state index is 0.160. The molecule has 1 heterocycles. The first-order valence-corrected chi connectivity index (χ1v) is 11.8. The lowest BCUT2D eigenvalue weighted by Crippen LogP contribution is -2.41. The molecule has 33 heavy (non-hydrogen) atoms. The molecule has 0 aliphatic carbocycles. The molecule has 13 heteroatoms. The fourth-order valence-corrected chi connectivity index (χ4v) is 4.42. The Kier molecular flexibility index (Phi) is 6.38. The van der Waals surface area contributed by atoms with Crippen LogP contribution in [0.3, 0.4) is 0 Å². The van der Waals surface area contributed by atoms with Gasteiger partial charge in [-0.15, -0.1) is 0 Å². The van der Waals surface area contributed by atoms with Crippen LogP contribution >= 0.6 is 11.6 Å². The molecule has 3 rings (SSSR count). The second kappa shape index (κ2) is 8.26. The van der Waals surface area contributed by atoms with Crippen molar-refractivity contribution in [3.63, 3.8) is 0 Å². The third-order valence-electron chi connectivity index (χ3n) is 5.60. The zero-order valence-electron chi connectivity index (χ0n) is 18.1. The van der Waals surface area contributed by atoms with E-state index in [9.17, 15) is 30.8 Å². The Hall–Kier alpha value is -2.15. The first-order valence-electron chi connectivity index (χ1n) is 9.50. The number of rotatable bonds is 4. The molecule has 1 aliphatic heterocycles. The number of anilines is 1. The fraction of sp³-hybridized carbons (Fsp3) is 0.350. The van der Waals surface area contributed by atoms with Gasteiger partial charge in [-0.25, -0.2) is 26.0 Å². The minimum Gasteiger partial charge on any atom is -0.399 e. The summed E-state index contributed by atoms with van der Waals surface area (Å²) in [5.41, 5.74) is -4.91. The molecule has 1 N–H and O–H groups in total. The maximum absolute atomic E-state index is 14.8. The Morgan fingerprint density at radius 2 is 1.45 bits per heavy atom. The van der Waals surface area contributed by atoms with Crippen LogP contribution in [0.2, 0.25) is 5.02 Å². The highest BCUT2D eigenvalue weighted by molar-refractivity contribution is 7.90. The molecule has 2 aromatic carbocycles. The highest BCUT2D eigenvalue weighted by Crippen LogP contribution is 2.37. The van der Waals surface area contributed by atoms with Crippen molar-refractivity contribution in [2.75, 3.05) is 11.6 Å². The van der Waals surface area contributed by atoms with Gasteiger partial charge >= 0.3 is 7.12 Å². The standard InChI is InChI=1S/C20H19BClF4NO5S/c1-19(2)20(3,4)32-21(31-19)13-16(25)14(23)12(15(24)17(13)26)18(28)27-9-6-7-11(10(22)8-9)33(5,29)30/h6-8H,1-5H3,(H,27,28). The largest absolute Gasteiger partial charge is 0.501 e. The van der Waals surface area contributed by atoms with Crippen LogP contribution in [0, 0.1) is 23.3 Å². The number of hydrogen-bond acceptors (Lipinski definition) is 5. The number of carbonyl (C=O) groups excluding carboxylic acids is 1. The van der Waals surface area contributed by atoms with Crippen molar-refractivity contribution in [1.29, 1.82) is 0 Å². The lowest BCUT2D eigenvalue weighted by atomic mass is 9.77. The Labute approximate surface area is 193 Å². The van der Waals surface area contributed by atoms with Crippen molar-refractivity contribution in [3.05, 3.63) is 52.1 Å². The summed E-state index contributed by atoms with van der Waals surface area (Å²) < 4.78 is 93.2. The SMILES string of the molecule is CC1(C)OB(c2c(F)c(F)c(C(=O)Nc3ccc(S(C)(=O)=O)c(Cl)c3)c(F)c2F)OC1(C)C. The molecule has 178 valence electrons. The molecule has 1 saturated heterocycles. The van der Waals surface area contributed by atoms with Gasteiger partial charge in [-0.2, -0.15) is 0 Å². The van der Waals surface area contributed by atoms with E-state index in [1.165, 1.54) is 0 Å². The number of sulfone groups is 1. The normalized spacial score (nSPS) is 17.3. The Balaban J connectivity index is 1.99. The third kappa shape index (κ3) is 4.49. The minimum atomic E-state index is -3.67. The molecule has 6 nitrogen and oxygen atoms in total. The van der Waals surface area contributed by atoms with Gasteiger partial charge in [0.2, 0.25) is 0 Å². The molecule has 0 aromatic heterocycles. The maximum atomic E-state index is 14.8. The summed E-state index contributed by atoms with van der Waals surface area (Å²) in [6.45, 7) is 6.32. The monoisotopic (exact) mass is 507 g/mol. The van der Waals surface area contributed by atoms with E-state index in [4.69, 9.17) is 20.9 Å². The highest BCUT2D eigenvalue weighted by Gasteiger charge is 2.54. The van der Waals surface area contributed by atoms with Gasteiger partial charge in [-0.1, -0.05) is 11.6 Å². The summed E-state index contributed by atoms with van der Waals surface area (Å²) in [6.07, 6.45) is 0.907. The van der Waals surface area contributed by atoms with E-state index in [0.717, 1.165) is 24.5 Å². The molecule has 0 unspecified atom stereocenters. The van der Waals surface area contributed by atoms with Gasteiger partial charge in [-0.3, -0.25) is 4.79 Å². The number of nitrogens with one attached hydrogen (secondary N) is 1. The van der Waals surface area contributed by atoms with Crippen molar-refractivity contribution < 1.29 is 40.1 Å². The fourth-order valence-electron chi connectivity index (χ4n) is 3.09. The van der Waals surface area contributed by atoms with Crippen molar-refractivity contribution in [3.8, 4) is 0 Å². The van der Waals surface area contributed by atoms with Crippen molar-refractivity contribution in [2.24, 2.45) is 0 Å². The maximum Gasteiger partial charge on any atom is 0.501 e. The van der Waals surface area contributed by atoms with Crippen LogP contribution in [0.15, 0.2) is 23.1 Å². The summed E-state index contributed by atoms with van der Waals surface area (Å²) in [4.78, 5) is 12.2. The molecular formula is C20H19BClF4NO5S. The highest BCUT2D eigenvalue weighted by atomic mass is 35.5. The zero-order chi connectivity index (χ0) is 25.1. The average molecular weight is 508 g/mol. The number of hydrogen-bond donors (Lipinski definition) is 1. The van der Waals surface area contributed by atoms with Crippen LogP contribution < -0.4 is 10.8 Å². The van der Waals surface area contributed by atoms with Crippen LogP contribution in [-0.2, 0) is 19.1 Å². The van der Waals surface area contributed by atoms with Crippen LogP contribution in [0.25, 0.3) is 0 Å². The smallest absolute Gasteiger partial charge is 0.399 e. The third-order valence-corrected chi connectivity index (χ3v) is 7.18. The summed E-state index contributed by atoms with van der Waals surface area (Å²) in [7, 11) is -5.42. The average Bonchev–Trinajstić information content (AvgIpc) is 2.86. The molecule has 0 spiro atoms. The van der Waals surface area contributed by atoms with Gasteiger partial charge in [-0.05, 0) is 45.9 Å². The quantitative estimate of drug-likeness (QED) is 0.386. The van der Waals surface area contributed by atoms with Crippen LogP contribution in [0.5, 0.6) is 0 Å². The van der Waals surface area contributed by atoms with Gasteiger partial charge in [0.05, 0.1) is 26.6 Å². The first-order chi connectivity index (χ1) is 15.0. The van der Waals surface area contributed by atoms with Crippen LogP contribution in [0.1, 0.15) is 38.1 Å². The molecule has 1 fully saturated rings. The molecule has 1 aliphatic rings. The Morgan fingerprint density at radius 3 is 1.88 bits per heavy atom. The van der Waals surface area contributed by atoms with E-state index in [2.05, 4.69) is 0 Å². The summed E-state index contributed by atoms with van der Waals surface area (Å²) in [6, 6.07) is 3.17. The number of carbonyl (C=O) groups is 1. The summed E-state index contributed by atoms with van der Waals surface area (Å²) >= 11 is 5.87. The molecule has 0 saturated carbocycles. The lowest BCUT2D eigenvalue weighted by molar-refractivity contribution is 0.00578. The lowest BCUT2D eigenvalue weighted by Gasteiger charge is -2.32. The molecule has 0 bridgehead atoms. The van der Waals surface area contributed by atoms with Gasteiger partial charge in [0, 0.05) is 11.9 Å². The Bertz CT molecular complexity index is 1220. The van der Waals surface area contributed by atoms with E-state index in [-0.39, 0.29) is 15.6 Å². The molecule has 1 amide bonds. The topological polar surface area (TPSA) is 81.7 Å². The second-order valence-electron chi connectivity index (χ2n) is 8.50. The van der Waals surface area contributed by atoms with E-state index in [1.807, 2.05) is 5.32 Å². The van der Waals surface area contributed by atoms with Gasteiger partial charge in [0.1, 0.15) is 5.56 Å². The van der Waals surface area contributed by atoms with Crippen LogP contribution in [-0.4, -0.2) is 38.9 Å². The van der Waals surface area contributed by atoms with Gasteiger partial charge < -0.3 is 14.6 Å². The summed E-state index contributed by atoms with van der Waals surface area (Å²) in [5, 5.41) is 1.76. The Morgan fingerprint density at radius 1 is 0.970 bits per heavy atom. The second-order valence-corrected chi connectivity index (χ2v) is 10.9. The van der Waals surface area contributed by atoms with E-state index < -0.39 is 68.4 Å². The molecule has 2 aromatic rings. The predicted octanol–water partition coefficient (Wildman–Crippen LogP) is 3.85. The predicted molar refractivity (Wildman–Crippen MR) is 115 cm³/mol. The number of benzene rings is 2. The number of halogens is 5. The van der Waals surface area contributed by atoms with E-state index in [0.29, 0.717) is 0 Å². The van der Waals surface area contributed by atoms with Gasteiger partial charge in [0.15, 0.2) is 33.1 Å². The van der Waals surface area contributed by atoms with E-state index >= 15 is 0 Å². The summed E-state index contributed by atoms with van der Waals surface area (Å²) in [5.74, 6) is -9.11. The van der Waals surface area contributed by atoms with Crippen molar-refractivity contribution in [1.82, 2.24) is 0 Å². The van der Waals surface area contributed by atoms with Crippen molar-refractivity contribution >= 4 is 45.6 Å².